The molecule has 0 radical (unpaired) electrons. The number of rotatable bonds is 2. The number of anilines is 1. The fraction of sp³-hybridized carbons (Fsp3) is 0.188. The molecule has 0 saturated heterocycles. The Morgan fingerprint density at radius 1 is 1.14 bits per heavy atom. The summed E-state index contributed by atoms with van der Waals surface area (Å²) in [5.74, 6) is 0.811. The van der Waals surface area contributed by atoms with Crippen molar-refractivity contribution in [3.63, 3.8) is 0 Å². The third-order valence-corrected chi connectivity index (χ3v) is 3.85. The summed E-state index contributed by atoms with van der Waals surface area (Å²) in [7, 11) is 0. The van der Waals surface area contributed by atoms with Gasteiger partial charge in [-0.25, -0.2) is 4.98 Å². The van der Waals surface area contributed by atoms with Crippen molar-refractivity contribution in [2.45, 2.75) is 19.4 Å². The second kappa shape index (κ2) is 4.70. The van der Waals surface area contributed by atoms with Gasteiger partial charge in [0.15, 0.2) is 0 Å². The van der Waals surface area contributed by atoms with Crippen molar-refractivity contribution in [3.8, 4) is 0 Å². The van der Waals surface area contributed by atoms with Crippen LogP contribution in [0, 0.1) is 0 Å². The Morgan fingerprint density at radius 3 is 2.86 bits per heavy atom. The molecule has 0 atom stereocenters. The van der Waals surface area contributed by atoms with Gasteiger partial charge in [-0.05, 0) is 18.1 Å². The minimum absolute atomic E-state index is 0.100. The molecule has 3 heterocycles. The van der Waals surface area contributed by atoms with Gasteiger partial charge in [0.25, 0.3) is 0 Å². The molecule has 2 aromatic heterocycles. The van der Waals surface area contributed by atoms with Crippen LogP contribution < -0.4 is 4.90 Å². The van der Waals surface area contributed by atoms with Gasteiger partial charge in [-0.15, -0.1) is 0 Å². The minimum atomic E-state index is 0.100. The number of pyridine rings is 1. The summed E-state index contributed by atoms with van der Waals surface area (Å²) in [6, 6.07) is 11.9. The lowest BCUT2D eigenvalue weighted by atomic mass is 10.2. The average Bonchev–Trinajstić information content (AvgIpc) is 2.89. The van der Waals surface area contributed by atoms with E-state index in [1.807, 2.05) is 36.4 Å². The van der Waals surface area contributed by atoms with Crippen molar-refractivity contribution in [1.29, 1.82) is 0 Å². The summed E-state index contributed by atoms with van der Waals surface area (Å²) in [6.07, 6.45) is 2.86. The minimum Gasteiger partial charge on any atom is -0.292 e. The number of aromatic nitrogens is 3. The van der Waals surface area contributed by atoms with Gasteiger partial charge < -0.3 is 0 Å². The molecule has 0 bridgehead atoms. The summed E-state index contributed by atoms with van der Waals surface area (Å²) in [5.41, 5.74) is 2.95. The fourth-order valence-corrected chi connectivity index (χ4v) is 2.81. The molecule has 3 aromatic rings. The summed E-state index contributed by atoms with van der Waals surface area (Å²) in [4.78, 5) is 18.7. The molecule has 0 unspecified atom stereocenters. The molecule has 0 aliphatic carbocycles. The van der Waals surface area contributed by atoms with Crippen LogP contribution in [-0.2, 0) is 17.8 Å². The van der Waals surface area contributed by atoms with E-state index in [-0.39, 0.29) is 5.91 Å². The largest absolute Gasteiger partial charge is 0.292 e. The molecule has 21 heavy (non-hydrogen) atoms. The monoisotopic (exact) mass is 278 g/mol. The van der Waals surface area contributed by atoms with Gasteiger partial charge in [-0.1, -0.05) is 30.3 Å². The highest BCUT2D eigenvalue weighted by Crippen LogP contribution is 2.31. The van der Waals surface area contributed by atoms with E-state index < -0.39 is 0 Å². The quantitative estimate of drug-likeness (QED) is 0.783. The van der Waals surface area contributed by atoms with Gasteiger partial charge in [0.1, 0.15) is 5.82 Å². The molecular weight excluding hydrogens is 264 g/mol. The number of aromatic amines is 1. The Labute approximate surface area is 121 Å². The smallest absolute Gasteiger partial charge is 0.228 e. The van der Waals surface area contributed by atoms with Crippen LogP contribution in [-0.4, -0.2) is 21.1 Å². The maximum Gasteiger partial charge on any atom is 0.228 e. The molecule has 1 N–H and O–H groups in total. The number of hydrogen-bond donors (Lipinski definition) is 1. The number of carbonyl (C=O) groups is 1. The number of hydrogen-bond acceptors (Lipinski definition) is 3. The first-order valence-electron chi connectivity index (χ1n) is 6.99. The Balaban J connectivity index is 1.84. The van der Waals surface area contributed by atoms with E-state index in [0.717, 1.165) is 22.2 Å². The van der Waals surface area contributed by atoms with Crippen LogP contribution in [0.2, 0.25) is 0 Å². The molecular formula is C16H14N4O. The number of carbonyl (C=O) groups excluding carboxylic acids is 1. The van der Waals surface area contributed by atoms with E-state index in [1.54, 1.807) is 11.1 Å². The van der Waals surface area contributed by atoms with Gasteiger partial charge in [-0.3, -0.25) is 14.8 Å². The van der Waals surface area contributed by atoms with Crippen LogP contribution in [0.15, 0.2) is 42.6 Å². The maximum absolute atomic E-state index is 12.5. The Morgan fingerprint density at radius 2 is 2.00 bits per heavy atom. The highest BCUT2D eigenvalue weighted by Gasteiger charge is 2.26. The van der Waals surface area contributed by atoms with Crippen LogP contribution in [0.1, 0.15) is 17.7 Å². The number of benzene rings is 1. The van der Waals surface area contributed by atoms with Crippen molar-refractivity contribution in [1.82, 2.24) is 15.2 Å². The number of nitrogens with one attached hydrogen (secondary N) is 1. The van der Waals surface area contributed by atoms with Crippen LogP contribution >= 0.6 is 0 Å². The Kier molecular flexibility index (Phi) is 2.70. The van der Waals surface area contributed by atoms with Crippen molar-refractivity contribution < 1.29 is 4.79 Å². The first-order chi connectivity index (χ1) is 10.3. The lowest BCUT2D eigenvalue weighted by Crippen LogP contribution is -2.30. The van der Waals surface area contributed by atoms with Crippen LogP contribution in [0.25, 0.3) is 10.9 Å². The lowest BCUT2D eigenvalue weighted by molar-refractivity contribution is -0.118. The highest BCUT2D eigenvalue weighted by atomic mass is 16.2. The van der Waals surface area contributed by atoms with Crippen molar-refractivity contribution in [2.75, 3.05) is 4.90 Å². The zero-order valence-corrected chi connectivity index (χ0v) is 11.4. The lowest BCUT2D eigenvalue weighted by Gasteiger charge is -2.21. The molecule has 4 rings (SSSR count). The first-order valence-corrected chi connectivity index (χ1v) is 6.99. The normalized spacial score (nSPS) is 14.5. The molecule has 0 spiro atoms. The predicted octanol–water partition coefficient (Wildman–Crippen LogP) is 2.44. The number of amides is 1. The van der Waals surface area contributed by atoms with E-state index in [9.17, 15) is 4.79 Å². The average molecular weight is 278 g/mol. The van der Waals surface area contributed by atoms with Gasteiger partial charge in [0.2, 0.25) is 5.91 Å². The molecule has 1 aliphatic rings. The summed E-state index contributed by atoms with van der Waals surface area (Å²) < 4.78 is 0. The second-order valence-corrected chi connectivity index (χ2v) is 5.20. The van der Waals surface area contributed by atoms with E-state index in [2.05, 4.69) is 15.2 Å². The van der Waals surface area contributed by atoms with E-state index in [1.165, 1.54) is 0 Å². The van der Waals surface area contributed by atoms with Gasteiger partial charge >= 0.3 is 0 Å². The molecule has 1 amide bonds. The third-order valence-electron chi connectivity index (χ3n) is 3.85. The molecule has 5 heteroatoms. The number of aryl methyl sites for hydroxylation is 1. The summed E-state index contributed by atoms with van der Waals surface area (Å²) in [6.45, 7) is 0.538. The van der Waals surface area contributed by atoms with Gasteiger partial charge in [-0.2, -0.15) is 5.10 Å². The fourth-order valence-electron chi connectivity index (χ4n) is 2.81. The summed E-state index contributed by atoms with van der Waals surface area (Å²) in [5, 5.41) is 8.30. The maximum atomic E-state index is 12.5. The first kappa shape index (κ1) is 12.1. The number of nitrogens with zero attached hydrogens (tertiary/aromatic N) is 3. The van der Waals surface area contributed by atoms with Crippen LogP contribution in [0.3, 0.4) is 0 Å². The standard InChI is InChI=1S/C16H14N4O/c21-14-7-6-12-15-13(19-18-12)8-9-17-16(15)20(14)10-11-4-2-1-3-5-11/h1-5,8-9H,6-7,10H2,(H,18,19). The van der Waals surface area contributed by atoms with E-state index in [0.29, 0.717) is 25.2 Å². The van der Waals surface area contributed by atoms with Crippen molar-refractivity contribution >= 4 is 22.6 Å². The molecule has 104 valence electrons. The summed E-state index contributed by atoms with van der Waals surface area (Å²) >= 11 is 0. The Bertz CT molecular complexity index is 810. The van der Waals surface area contributed by atoms with Gasteiger partial charge in [0, 0.05) is 18.3 Å². The molecule has 1 aliphatic heterocycles. The second-order valence-electron chi connectivity index (χ2n) is 5.20. The van der Waals surface area contributed by atoms with Gasteiger partial charge in [0.05, 0.1) is 17.4 Å². The molecule has 0 fully saturated rings. The highest BCUT2D eigenvalue weighted by molar-refractivity contribution is 6.03. The van der Waals surface area contributed by atoms with E-state index in [4.69, 9.17) is 0 Å². The van der Waals surface area contributed by atoms with Crippen LogP contribution in [0.4, 0.5) is 5.82 Å². The third kappa shape index (κ3) is 1.98. The molecule has 5 nitrogen and oxygen atoms in total. The Hall–Kier alpha value is -2.69. The molecule has 1 aromatic carbocycles. The van der Waals surface area contributed by atoms with Crippen molar-refractivity contribution in [3.05, 3.63) is 53.9 Å². The number of H-pyrrole nitrogens is 1. The van der Waals surface area contributed by atoms with Crippen molar-refractivity contribution in [2.24, 2.45) is 0 Å². The zero-order chi connectivity index (χ0) is 14.2. The molecule has 0 saturated carbocycles. The zero-order valence-electron chi connectivity index (χ0n) is 11.4. The van der Waals surface area contributed by atoms with Crippen LogP contribution in [0.5, 0.6) is 0 Å². The van der Waals surface area contributed by atoms with E-state index >= 15 is 0 Å². The predicted molar refractivity (Wildman–Crippen MR) is 79.8 cm³/mol. The topological polar surface area (TPSA) is 61.9 Å². The SMILES string of the molecule is O=C1CCc2[nH]nc3ccnc(c23)N1Cc1ccccc1.